The monoisotopic (exact) mass is 345 g/mol. The second kappa shape index (κ2) is 7.42. The van der Waals surface area contributed by atoms with Crippen molar-refractivity contribution >= 4 is 11.8 Å². The van der Waals surface area contributed by atoms with Gasteiger partial charge >= 0.3 is 0 Å². The van der Waals surface area contributed by atoms with Crippen molar-refractivity contribution in [3.05, 3.63) is 23.4 Å². The normalized spacial score (nSPS) is 25.4. The standard InChI is InChI=1S/C19H27N3O3/c1-12-10-15(12)19(24)22-9-5-4-6-16(22)17(23)20-11-14-8-7-13(2)21-18(14)25-3/h7-8,12,15-16H,4-6,9-11H2,1-3H3,(H,20,23). The number of aromatic nitrogens is 1. The van der Waals surface area contributed by atoms with Crippen molar-refractivity contribution in [1.29, 1.82) is 0 Å². The van der Waals surface area contributed by atoms with Gasteiger partial charge in [-0.1, -0.05) is 13.0 Å². The van der Waals surface area contributed by atoms with Crippen LogP contribution in [0.15, 0.2) is 12.1 Å². The van der Waals surface area contributed by atoms with Crippen LogP contribution in [0.3, 0.4) is 0 Å². The van der Waals surface area contributed by atoms with Gasteiger partial charge in [0.15, 0.2) is 0 Å². The van der Waals surface area contributed by atoms with Gasteiger partial charge in [-0.3, -0.25) is 9.59 Å². The van der Waals surface area contributed by atoms with Gasteiger partial charge in [-0.2, -0.15) is 0 Å². The van der Waals surface area contributed by atoms with Crippen LogP contribution in [0.1, 0.15) is 43.9 Å². The van der Waals surface area contributed by atoms with Gasteiger partial charge in [0.05, 0.1) is 7.11 Å². The highest BCUT2D eigenvalue weighted by molar-refractivity contribution is 5.89. The quantitative estimate of drug-likeness (QED) is 0.887. The Morgan fingerprint density at radius 2 is 2.12 bits per heavy atom. The largest absolute Gasteiger partial charge is 0.481 e. The molecule has 0 spiro atoms. The maximum Gasteiger partial charge on any atom is 0.243 e. The highest BCUT2D eigenvalue weighted by Gasteiger charge is 2.44. The average molecular weight is 345 g/mol. The van der Waals surface area contributed by atoms with Gasteiger partial charge in [-0.25, -0.2) is 4.98 Å². The number of carbonyl (C=O) groups is 2. The van der Waals surface area contributed by atoms with Crippen molar-refractivity contribution in [3.8, 4) is 5.88 Å². The maximum atomic E-state index is 12.7. The Hall–Kier alpha value is -2.11. The van der Waals surface area contributed by atoms with Crippen LogP contribution < -0.4 is 10.1 Å². The lowest BCUT2D eigenvalue weighted by Gasteiger charge is -2.35. The van der Waals surface area contributed by atoms with E-state index in [0.717, 1.165) is 36.9 Å². The van der Waals surface area contributed by atoms with E-state index >= 15 is 0 Å². The Morgan fingerprint density at radius 3 is 2.80 bits per heavy atom. The number of carbonyl (C=O) groups excluding carboxylic acids is 2. The predicted molar refractivity (Wildman–Crippen MR) is 94.0 cm³/mol. The molecule has 0 aromatic carbocycles. The summed E-state index contributed by atoms with van der Waals surface area (Å²) in [6, 6.07) is 3.46. The molecule has 0 radical (unpaired) electrons. The number of piperidine rings is 1. The van der Waals surface area contributed by atoms with E-state index in [-0.39, 0.29) is 23.8 Å². The van der Waals surface area contributed by atoms with Crippen LogP contribution >= 0.6 is 0 Å². The topological polar surface area (TPSA) is 71.5 Å². The number of aryl methyl sites for hydroxylation is 1. The number of hydrogen-bond acceptors (Lipinski definition) is 4. The van der Waals surface area contributed by atoms with E-state index < -0.39 is 0 Å². The first kappa shape index (κ1) is 17.7. The second-order valence-electron chi connectivity index (χ2n) is 7.20. The van der Waals surface area contributed by atoms with Crippen LogP contribution in [0.4, 0.5) is 0 Å². The summed E-state index contributed by atoms with van der Waals surface area (Å²) in [4.78, 5) is 31.5. The Balaban J connectivity index is 1.64. The van der Waals surface area contributed by atoms with Crippen LogP contribution in [0, 0.1) is 18.8 Å². The SMILES string of the molecule is COc1nc(C)ccc1CNC(=O)C1CCCCN1C(=O)C1CC1C. The molecular weight excluding hydrogens is 318 g/mol. The van der Waals surface area contributed by atoms with Crippen LogP contribution in [-0.2, 0) is 16.1 Å². The number of nitrogens with zero attached hydrogens (tertiary/aromatic N) is 2. The molecule has 6 heteroatoms. The van der Waals surface area contributed by atoms with Gasteiger partial charge in [-0.05, 0) is 44.6 Å². The zero-order chi connectivity index (χ0) is 18.0. The van der Waals surface area contributed by atoms with E-state index in [2.05, 4.69) is 17.2 Å². The van der Waals surface area contributed by atoms with Gasteiger partial charge in [0.25, 0.3) is 0 Å². The minimum absolute atomic E-state index is 0.0796. The molecule has 3 atom stereocenters. The molecule has 1 aromatic heterocycles. The van der Waals surface area contributed by atoms with Crippen LogP contribution in [0.25, 0.3) is 0 Å². The highest BCUT2D eigenvalue weighted by Crippen LogP contribution is 2.40. The summed E-state index contributed by atoms with van der Waals surface area (Å²) in [5.41, 5.74) is 1.71. The fourth-order valence-corrected chi connectivity index (χ4v) is 3.52. The second-order valence-corrected chi connectivity index (χ2v) is 7.20. The fraction of sp³-hybridized carbons (Fsp3) is 0.632. The Labute approximate surface area is 148 Å². The Bertz CT molecular complexity index is 661. The number of methoxy groups -OCH3 is 1. The van der Waals surface area contributed by atoms with Gasteiger partial charge in [0, 0.05) is 30.3 Å². The molecule has 3 rings (SSSR count). The van der Waals surface area contributed by atoms with Gasteiger partial charge < -0.3 is 15.0 Å². The van der Waals surface area contributed by atoms with Crippen molar-refractivity contribution in [2.24, 2.45) is 11.8 Å². The predicted octanol–water partition coefficient (Wildman–Crippen LogP) is 2.05. The lowest BCUT2D eigenvalue weighted by molar-refractivity contribution is -0.143. The number of ether oxygens (including phenoxy) is 1. The number of rotatable bonds is 5. The molecule has 1 aliphatic heterocycles. The van der Waals surface area contributed by atoms with Crippen LogP contribution in [0.5, 0.6) is 5.88 Å². The third kappa shape index (κ3) is 3.94. The molecule has 1 saturated carbocycles. The van der Waals surface area contributed by atoms with Crippen LogP contribution in [0.2, 0.25) is 0 Å². The summed E-state index contributed by atoms with van der Waals surface area (Å²) >= 11 is 0. The van der Waals surface area contributed by atoms with Gasteiger partial charge in [0.2, 0.25) is 17.7 Å². The summed E-state index contributed by atoms with van der Waals surface area (Å²) in [7, 11) is 1.57. The molecule has 1 aromatic rings. The number of hydrogen-bond donors (Lipinski definition) is 1. The van der Waals surface area contributed by atoms with Crippen molar-refractivity contribution in [2.75, 3.05) is 13.7 Å². The third-order valence-corrected chi connectivity index (χ3v) is 5.24. The van der Waals surface area contributed by atoms with E-state index in [4.69, 9.17) is 4.74 Å². The number of nitrogens with one attached hydrogen (secondary N) is 1. The lowest BCUT2D eigenvalue weighted by atomic mass is 10.0. The molecule has 2 heterocycles. The highest BCUT2D eigenvalue weighted by atomic mass is 16.5. The van der Waals surface area contributed by atoms with Crippen LogP contribution in [-0.4, -0.2) is 41.4 Å². The molecule has 1 aliphatic carbocycles. The molecule has 2 aliphatic rings. The van der Waals surface area contributed by atoms with Crippen molar-refractivity contribution in [1.82, 2.24) is 15.2 Å². The minimum Gasteiger partial charge on any atom is -0.481 e. The van der Waals surface area contributed by atoms with E-state index in [1.165, 1.54) is 0 Å². The van der Waals surface area contributed by atoms with E-state index in [9.17, 15) is 9.59 Å². The molecule has 2 amide bonds. The fourth-order valence-electron chi connectivity index (χ4n) is 3.52. The third-order valence-electron chi connectivity index (χ3n) is 5.24. The first-order valence-corrected chi connectivity index (χ1v) is 9.10. The summed E-state index contributed by atoms with van der Waals surface area (Å²) in [5.74, 6) is 1.19. The minimum atomic E-state index is -0.349. The number of likely N-dealkylation sites (tertiary alicyclic amines) is 1. The summed E-state index contributed by atoms with van der Waals surface area (Å²) in [5, 5.41) is 2.97. The molecule has 1 saturated heterocycles. The van der Waals surface area contributed by atoms with E-state index in [0.29, 0.717) is 24.9 Å². The molecule has 1 N–H and O–H groups in total. The molecule has 3 unspecified atom stereocenters. The molecule has 0 bridgehead atoms. The number of amides is 2. The first-order valence-electron chi connectivity index (χ1n) is 9.10. The average Bonchev–Trinajstić information content (AvgIpc) is 3.36. The smallest absolute Gasteiger partial charge is 0.243 e. The van der Waals surface area contributed by atoms with E-state index in [1.807, 2.05) is 19.1 Å². The molecule has 2 fully saturated rings. The number of pyridine rings is 1. The van der Waals surface area contributed by atoms with Crippen molar-refractivity contribution < 1.29 is 14.3 Å². The molecule has 25 heavy (non-hydrogen) atoms. The zero-order valence-electron chi connectivity index (χ0n) is 15.2. The first-order chi connectivity index (χ1) is 12.0. The van der Waals surface area contributed by atoms with E-state index in [1.54, 1.807) is 12.0 Å². The van der Waals surface area contributed by atoms with Crippen molar-refractivity contribution in [3.63, 3.8) is 0 Å². The molecule has 6 nitrogen and oxygen atoms in total. The zero-order valence-corrected chi connectivity index (χ0v) is 15.2. The maximum absolute atomic E-state index is 12.7. The summed E-state index contributed by atoms with van der Waals surface area (Å²) in [6.45, 7) is 5.04. The summed E-state index contributed by atoms with van der Waals surface area (Å²) in [6.07, 6.45) is 3.65. The van der Waals surface area contributed by atoms with Gasteiger partial charge in [0.1, 0.15) is 6.04 Å². The van der Waals surface area contributed by atoms with Gasteiger partial charge in [-0.15, -0.1) is 0 Å². The Morgan fingerprint density at radius 1 is 1.36 bits per heavy atom. The lowest BCUT2D eigenvalue weighted by Crippen LogP contribution is -2.52. The molecular formula is C19H27N3O3. The van der Waals surface area contributed by atoms with Crippen molar-refractivity contribution in [2.45, 2.75) is 52.1 Å². The Kier molecular flexibility index (Phi) is 5.25. The molecule has 136 valence electrons. The summed E-state index contributed by atoms with van der Waals surface area (Å²) < 4.78 is 5.29.